The van der Waals surface area contributed by atoms with E-state index >= 15 is 0 Å². The molecule has 1 aromatic carbocycles. The molecule has 0 aliphatic rings. The highest BCUT2D eigenvalue weighted by Crippen LogP contribution is 2.27. The maximum Gasteiger partial charge on any atom is 0.231 e. The van der Waals surface area contributed by atoms with Gasteiger partial charge in [-0.05, 0) is 24.0 Å². The van der Waals surface area contributed by atoms with Gasteiger partial charge < -0.3 is 10.6 Å². The first-order valence-electron chi connectivity index (χ1n) is 6.77. The van der Waals surface area contributed by atoms with Crippen LogP contribution in [0.2, 0.25) is 0 Å². The molecule has 0 saturated heterocycles. The quantitative estimate of drug-likeness (QED) is 0.916. The van der Waals surface area contributed by atoms with Crippen molar-refractivity contribution in [2.24, 2.45) is 17.1 Å². The van der Waals surface area contributed by atoms with Crippen molar-refractivity contribution in [3.05, 3.63) is 29.8 Å². The van der Waals surface area contributed by atoms with Crippen molar-refractivity contribution in [3.63, 3.8) is 0 Å². The normalized spacial score (nSPS) is 12.6. The zero-order valence-electron chi connectivity index (χ0n) is 12.7. The molecule has 0 fully saturated rings. The third-order valence-corrected chi connectivity index (χ3v) is 3.21. The van der Waals surface area contributed by atoms with Crippen LogP contribution in [0.5, 0.6) is 0 Å². The van der Waals surface area contributed by atoms with Crippen LogP contribution in [0.1, 0.15) is 32.8 Å². The Kier molecular flexibility index (Phi) is 5.29. The van der Waals surface area contributed by atoms with E-state index in [4.69, 9.17) is 11.0 Å². The number of amides is 1. The Morgan fingerprint density at radius 1 is 1.40 bits per heavy atom. The minimum atomic E-state index is -0.230. The second kappa shape index (κ2) is 6.53. The van der Waals surface area contributed by atoms with Crippen molar-refractivity contribution in [1.82, 2.24) is 0 Å². The number of anilines is 1. The van der Waals surface area contributed by atoms with E-state index in [2.05, 4.69) is 26.8 Å². The van der Waals surface area contributed by atoms with Gasteiger partial charge in [0, 0.05) is 13.6 Å². The van der Waals surface area contributed by atoms with Crippen LogP contribution in [0.4, 0.5) is 5.69 Å². The smallest absolute Gasteiger partial charge is 0.231 e. The standard InChI is InChI=1S/C16H23N3O/c1-16(2,3)9-13(11-18)15(20)19(4)14-8-6-5-7-12(14)10-17/h5-8,13H,9,11,18H2,1-4H3. The van der Waals surface area contributed by atoms with Crippen LogP contribution < -0.4 is 10.6 Å². The highest BCUT2D eigenvalue weighted by molar-refractivity contribution is 5.95. The number of hydrogen-bond acceptors (Lipinski definition) is 3. The third kappa shape index (κ3) is 4.07. The number of hydrogen-bond donors (Lipinski definition) is 1. The first kappa shape index (κ1) is 16.2. The van der Waals surface area contributed by atoms with E-state index in [0.29, 0.717) is 17.8 Å². The van der Waals surface area contributed by atoms with Crippen LogP contribution >= 0.6 is 0 Å². The number of nitrogens with zero attached hydrogens (tertiary/aromatic N) is 2. The molecule has 0 radical (unpaired) electrons. The van der Waals surface area contributed by atoms with Gasteiger partial charge in [-0.25, -0.2) is 0 Å². The summed E-state index contributed by atoms with van der Waals surface area (Å²) in [6.45, 7) is 6.58. The summed E-state index contributed by atoms with van der Waals surface area (Å²) >= 11 is 0. The number of carbonyl (C=O) groups excluding carboxylic acids is 1. The van der Waals surface area contributed by atoms with E-state index in [0.717, 1.165) is 6.42 Å². The Morgan fingerprint density at radius 2 is 2.00 bits per heavy atom. The van der Waals surface area contributed by atoms with Crippen molar-refractivity contribution < 1.29 is 4.79 Å². The van der Waals surface area contributed by atoms with Gasteiger partial charge in [0.15, 0.2) is 0 Å². The second-order valence-electron chi connectivity index (χ2n) is 6.22. The number of para-hydroxylation sites is 1. The van der Waals surface area contributed by atoms with Gasteiger partial charge in [-0.2, -0.15) is 5.26 Å². The molecule has 0 aliphatic heterocycles. The van der Waals surface area contributed by atoms with Crippen LogP contribution in [0.3, 0.4) is 0 Å². The molecule has 0 aromatic heterocycles. The van der Waals surface area contributed by atoms with Gasteiger partial charge in [0.1, 0.15) is 6.07 Å². The van der Waals surface area contributed by atoms with E-state index in [1.807, 2.05) is 6.07 Å². The van der Waals surface area contributed by atoms with Gasteiger partial charge in [0.2, 0.25) is 5.91 Å². The van der Waals surface area contributed by atoms with E-state index in [1.54, 1.807) is 30.1 Å². The predicted molar refractivity (Wildman–Crippen MR) is 81.2 cm³/mol. The first-order chi connectivity index (χ1) is 9.30. The molecule has 20 heavy (non-hydrogen) atoms. The van der Waals surface area contributed by atoms with Crippen molar-refractivity contribution in [2.45, 2.75) is 27.2 Å². The Morgan fingerprint density at radius 3 is 2.50 bits per heavy atom. The van der Waals surface area contributed by atoms with E-state index < -0.39 is 0 Å². The summed E-state index contributed by atoms with van der Waals surface area (Å²) < 4.78 is 0. The molecule has 0 saturated carbocycles. The molecule has 1 unspecified atom stereocenters. The summed E-state index contributed by atoms with van der Waals surface area (Å²) in [5, 5.41) is 9.12. The molecule has 108 valence electrons. The fraction of sp³-hybridized carbons (Fsp3) is 0.500. The Bertz CT molecular complexity index is 511. The van der Waals surface area contributed by atoms with Gasteiger partial charge >= 0.3 is 0 Å². The lowest BCUT2D eigenvalue weighted by atomic mass is 9.84. The van der Waals surface area contributed by atoms with E-state index in [1.165, 1.54) is 0 Å². The molecule has 1 amide bonds. The number of carbonyl (C=O) groups is 1. The maximum atomic E-state index is 12.6. The minimum Gasteiger partial charge on any atom is -0.330 e. The van der Waals surface area contributed by atoms with Crippen LogP contribution in [-0.2, 0) is 4.79 Å². The number of nitriles is 1. The molecule has 0 heterocycles. The zero-order valence-corrected chi connectivity index (χ0v) is 12.7. The lowest BCUT2D eigenvalue weighted by Crippen LogP contribution is -2.38. The van der Waals surface area contributed by atoms with E-state index in [9.17, 15) is 4.79 Å². The minimum absolute atomic E-state index is 0.0369. The zero-order chi connectivity index (χ0) is 15.3. The van der Waals surface area contributed by atoms with Crippen LogP contribution in [0, 0.1) is 22.7 Å². The van der Waals surface area contributed by atoms with Crippen LogP contribution in [-0.4, -0.2) is 19.5 Å². The summed E-state index contributed by atoms with van der Waals surface area (Å²) in [6, 6.07) is 9.21. The second-order valence-corrected chi connectivity index (χ2v) is 6.22. The fourth-order valence-corrected chi connectivity index (χ4v) is 2.26. The van der Waals surface area contributed by atoms with Crippen molar-refractivity contribution in [3.8, 4) is 6.07 Å². The average molecular weight is 273 g/mol. The molecule has 1 aromatic rings. The molecular weight excluding hydrogens is 250 g/mol. The molecule has 0 spiro atoms. The number of nitrogens with two attached hydrogens (primary N) is 1. The lowest BCUT2D eigenvalue weighted by molar-refractivity contribution is -0.122. The largest absolute Gasteiger partial charge is 0.330 e. The van der Waals surface area contributed by atoms with Gasteiger partial charge in [0.25, 0.3) is 0 Å². The third-order valence-electron chi connectivity index (χ3n) is 3.21. The monoisotopic (exact) mass is 273 g/mol. The topological polar surface area (TPSA) is 70.1 Å². The molecule has 0 aliphatic carbocycles. The molecular formula is C16H23N3O. The Hall–Kier alpha value is -1.86. The number of rotatable bonds is 4. The van der Waals surface area contributed by atoms with Gasteiger partial charge in [-0.1, -0.05) is 32.9 Å². The molecule has 2 N–H and O–H groups in total. The first-order valence-corrected chi connectivity index (χ1v) is 6.77. The molecule has 1 atom stereocenters. The highest BCUT2D eigenvalue weighted by Gasteiger charge is 2.27. The summed E-state index contributed by atoms with van der Waals surface area (Å²) in [5.74, 6) is -0.267. The summed E-state index contributed by atoms with van der Waals surface area (Å²) in [5.41, 5.74) is 6.92. The van der Waals surface area contributed by atoms with Crippen molar-refractivity contribution >= 4 is 11.6 Å². The number of benzene rings is 1. The summed E-state index contributed by atoms with van der Waals surface area (Å²) in [6.07, 6.45) is 0.724. The SMILES string of the molecule is CN(C(=O)C(CN)CC(C)(C)C)c1ccccc1C#N. The van der Waals surface area contributed by atoms with Gasteiger partial charge in [-0.15, -0.1) is 0 Å². The summed E-state index contributed by atoms with van der Waals surface area (Å²) in [4.78, 5) is 14.1. The van der Waals surface area contributed by atoms with Crippen molar-refractivity contribution in [2.75, 3.05) is 18.5 Å². The Balaban J connectivity index is 2.98. The fourth-order valence-electron chi connectivity index (χ4n) is 2.26. The molecule has 4 nitrogen and oxygen atoms in total. The molecule has 0 bridgehead atoms. The van der Waals surface area contributed by atoms with Crippen molar-refractivity contribution in [1.29, 1.82) is 5.26 Å². The average Bonchev–Trinajstić information content (AvgIpc) is 2.42. The van der Waals surface area contributed by atoms with Crippen LogP contribution in [0.25, 0.3) is 0 Å². The molecule has 4 heteroatoms. The van der Waals surface area contributed by atoms with Gasteiger partial charge in [0.05, 0.1) is 17.2 Å². The highest BCUT2D eigenvalue weighted by atomic mass is 16.2. The van der Waals surface area contributed by atoms with E-state index in [-0.39, 0.29) is 17.2 Å². The predicted octanol–water partition coefficient (Wildman–Crippen LogP) is 2.53. The molecule has 1 rings (SSSR count). The lowest BCUT2D eigenvalue weighted by Gasteiger charge is -2.28. The van der Waals surface area contributed by atoms with Crippen LogP contribution in [0.15, 0.2) is 24.3 Å². The Labute approximate surface area is 121 Å². The maximum absolute atomic E-state index is 12.6. The van der Waals surface area contributed by atoms with Gasteiger partial charge in [-0.3, -0.25) is 4.79 Å². The summed E-state index contributed by atoms with van der Waals surface area (Å²) in [7, 11) is 1.70.